The number of carboxylic acids is 1. The van der Waals surface area contributed by atoms with Crippen molar-refractivity contribution in [2.75, 3.05) is 13.7 Å². The number of methoxy groups -OCH3 is 1. The molecule has 0 aromatic heterocycles. The first-order valence-corrected chi connectivity index (χ1v) is 9.95. The minimum atomic E-state index is -1.02. The van der Waals surface area contributed by atoms with Crippen molar-refractivity contribution in [1.29, 1.82) is 0 Å². The molecule has 0 aliphatic carbocycles. The van der Waals surface area contributed by atoms with E-state index in [0.717, 1.165) is 32.9 Å². The van der Waals surface area contributed by atoms with Crippen molar-refractivity contribution >= 4 is 17.7 Å². The molecule has 3 rings (SSSR count). The van der Waals surface area contributed by atoms with Crippen LogP contribution in [0.1, 0.15) is 11.1 Å². The van der Waals surface area contributed by atoms with Crippen LogP contribution in [0, 0.1) is 12.7 Å². The lowest BCUT2D eigenvalue weighted by atomic mass is 10.0. The van der Waals surface area contributed by atoms with E-state index < -0.39 is 12.6 Å². The van der Waals surface area contributed by atoms with E-state index in [2.05, 4.69) is 12.1 Å². The minimum absolute atomic E-state index is 0.245. The van der Waals surface area contributed by atoms with Crippen molar-refractivity contribution in [2.24, 2.45) is 0 Å². The molecule has 150 valence electrons. The van der Waals surface area contributed by atoms with Gasteiger partial charge in [-0.15, -0.1) is 11.8 Å². The fourth-order valence-corrected chi connectivity index (χ4v) is 3.87. The van der Waals surface area contributed by atoms with Gasteiger partial charge in [-0.2, -0.15) is 0 Å². The van der Waals surface area contributed by atoms with Gasteiger partial charge in [0.05, 0.1) is 12.0 Å². The van der Waals surface area contributed by atoms with Crippen LogP contribution in [0.5, 0.6) is 11.5 Å². The topological polar surface area (TPSA) is 55.8 Å². The number of carbonyl (C=O) groups is 1. The highest BCUT2D eigenvalue weighted by Crippen LogP contribution is 2.37. The Morgan fingerprint density at radius 1 is 1.00 bits per heavy atom. The van der Waals surface area contributed by atoms with Gasteiger partial charge < -0.3 is 14.6 Å². The normalized spacial score (nSPS) is 10.6. The maximum Gasteiger partial charge on any atom is 0.341 e. The number of hydrogen-bond donors (Lipinski definition) is 1. The molecule has 3 aromatic rings. The molecule has 6 heteroatoms. The van der Waals surface area contributed by atoms with Gasteiger partial charge in [-0.05, 0) is 47.4 Å². The standard InChI is InChI=1S/C23H21FO4S/c1-15-11-22(21(27-2)12-20(15)28-13-23(25)26)29-14-16-3-5-17(6-4-16)18-7-9-19(24)10-8-18/h3-12H,13-14H2,1-2H3,(H,25,26). The Labute approximate surface area is 173 Å². The van der Waals surface area contributed by atoms with Gasteiger partial charge in [0, 0.05) is 11.8 Å². The number of aryl methyl sites for hydroxylation is 1. The Bertz CT molecular complexity index is 985. The SMILES string of the molecule is COc1cc(OCC(=O)O)c(C)cc1SCc1ccc(-c2ccc(F)cc2)cc1. The van der Waals surface area contributed by atoms with Crippen molar-refractivity contribution < 1.29 is 23.8 Å². The molecule has 0 saturated heterocycles. The van der Waals surface area contributed by atoms with E-state index in [1.54, 1.807) is 37.1 Å². The van der Waals surface area contributed by atoms with Gasteiger partial charge in [0.25, 0.3) is 0 Å². The Morgan fingerprint density at radius 2 is 1.62 bits per heavy atom. The molecule has 0 heterocycles. The molecule has 0 radical (unpaired) electrons. The second kappa shape index (κ2) is 9.47. The summed E-state index contributed by atoms with van der Waals surface area (Å²) >= 11 is 1.63. The van der Waals surface area contributed by atoms with Crippen LogP contribution in [-0.4, -0.2) is 24.8 Å². The molecule has 0 fully saturated rings. The van der Waals surface area contributed by atoms with E-state index in [-0.39, 0.29) is 5.82 Å². The van der Waals surface area contributed by atoms with Crippen LogP contribution in [0.4, 0.5) is 4.39 Å². The van der Waals surface area contributed by atoms with Gasteiger partial charge >= 0.3 is 5.97 Å². The maximum absolute atomic E-state index is 13.1. The average Bonchev–Trinajstić information content (AvgIpc) is 2.72. The quantitative estimate of drug-likeness (QED) is 0.491. The Hall–Kier alpha value is -2.99. The monoisotopic (exact) mass is 412 g/mol. The summed E-state index contributed by atoms with van der Waals surface area (Å²) in [6, 6.07) is 18.2. The lowest BCUT2D eigenvalue weighted by molar-refractivity contribution is -0.139. The van der Waals surface area contributed by atoms with Crippen molar-refractivity contribution in [3.05, 3.63) is 77.6 Å². The Morgan fingerprint density at radius 3 is 2.21 bits per heavy atom. The van der Waals surface area contributed by atoms with Crippen molar-refractivity contribution in [1.82, 2.24) is 0 Å². The molecule has 0 bridgehead atoms. The zero-order valence-corrected chi connectivity index (χ0v) is 17.0. The molecule has 0 saturated carbocycles. The first kappa shape index (κ1) is 20.7. The third-order valence-corrected chi connectivity index (χ3v) is 5.45. The number of rotatable bonds is 8. The summed E-state index contributed by atoms with van der Waals surface area (Å²) in [5.74, 6) is 0.618. The van der Waals surface area contributed by atoms with E-state index in [1.807, 2.05) is 25.1 Å². The predicted molar refractivity (Wildman–Crippen MR) is 112 cm³/mol. The van der Waals surface area contributed by atoms with E-state index >= 15 is 0 Å². The summed E-state index contributed by atoms with van der Waals surface area (Å²) in [4.78, 5) is 11.7. The fraction of sp³-hybridized carbons (Fsp3) is 0.174. The Kier molecular flexibility index (Phi) is 6.77. The van der Waals surface area contributed by atoms with Crippen LogP contribution in [0.25, 0.3) is 11.1 Å². The lowest BCUT2D eigenvalue weighted by Crippen LogP contribution is -2.10. The summed E-state index contributed by atoms with van der Waals surface area (Å²) in [6.07, 6.45) is 0. The molecular weight excluding hydrogens is 391 g/mol. The summed E-state index contributed by atoms with van der Waals surface area (Å²) in [6.45, 7) is 1.48. The second-order valence-electron chi connectivity index (χ2n) is 6.44. The van der Waals surface area contributed by atoms with Crippen molar-refractivity contribution in [3.8, 4) is 22.6 Å². The summed E-state index contributed by atoms with van der Waals surface area (Å²) < 4.78 is 23.8. The number of benzene rings is 3. The van der Waals surface area contributed by atoms with E-state index in [4.69, 9.17) is 14.6 Å². The minimum Gasteiger partial charge on any atom is -0.495 e. The zero-order valence-electron chi connectivity index (χ0n) is 16.1. The first-order chi connectivity index (χ1) is 14.0. The summed E-state index contributed by atoms with van der Waals surface area (Å²) in [7, 11) is 1.58. The highest BCUT2D eigenvalue weighted by molar-refractivity contribution is 7.98. The molecule has 1 N–H and O–H groups in total. The third-order valence-electron chi connectivity index (χ3n) is 4.34. The smallest absolute Gasteiger partial charge is 0.341 e. The number of halogens is 1. The highest BCUT2D eigenvalue weighted by Gasteiger charge is 2.11. The number of hydrogen-bond acceptors (Lipinski definition) is 4. The molecule has 0 aliphatic heterocycles. The zero-order chi connectivity index (χ0) is 20.8. The number of ether oxygens (including phenoxy) is 2. The number of aliphatic carboxylic acids is 1. The molecule has 0 aliphatic rings. The Balaban J connectivity index is 1.69. The summed E-state index contributed by atoms with van der Waals surface area (Å²) in [5, 5.41) is 8.78. The van der Waals surface area contributed by atoms with E-state index in [0.29, 0.717) is 11.5 Å². The van der Waals surface area contributed by atoms with Crippen LogP contribution in [-0.2, 0) is 10.5 Å². The van der Waals surface area contributed by atoms with Gasteiger partial charge in [0.15, 0.2) is 6.61 Å². The van der Waals surface area contributed by atoms with Crippen LogP contribution < -0.4 is 9.47 Å². The number of carboxylic acid groups (broad SMARTS) is 1. The van der Waals surface area contributed by atoms with Crippen molar-refractivity contribution in [2.45, 2.75) is 17.6 Å². The molecule has 4 nitrogen and oxygen atoms in total. The van der Waals surface area contributed by atoms with Crippen LogP contribution in [0.3, 0.4) is 0 Å². The van der Waals surface area contributed by atoms with Gasteiger partial charge in [0.1, 0.15) is 17.3 Å². The van der Waals surface area contributed by atoms with Gasteiger partial charge in [-0.25, -0.2) is 9.18 Å². The van der Waals surface area contributed by atoms with Crippen LogP contribution in [0.2, 0.25) is 0 Å². The molecule has 0 atom stereocenters. The summed E-state index contributed by atoms with van der Waals surface area (Å²) in [5.41, 5.74) is 4.00. The molecule has 3 aromatic carbocycles. The molecule has 0 unspecified atom stereocenters. The van der Waals surface area contributed by atoms with E-state index in [1.165, 1.54) is 12.1 Å². The molecule has 0 spiro atoms. The van der Waals surface area contributed by atoms with Gasteiger partial charge in [0.2, 0.25) is 0 Å². The molecule has 0 amide bonds. The lowest BCUT2D eigenvalue weighted by Gasteiger charge is -2.14. The fourth-order valence-electron chi connectivity index (χ4n) is 2.81. The largest absolute Gasteiger partial charge is 0.495 e. The number of thioether (sulfide) groups is 1. The third kappa shape index (κ3) is 5.51. The maximum atomic E-state index is 13.1. The van der Waals surface area contributed by atoms with Crippen LogP contribution >= 0.6 is 11.8 Å². The first-order valence-electron chi connectivity index (χ1n) is 8.97. The van der Waals surface area contributed by atoms with Crippen molar-refractivity contribution in [3.63, 3.8) is 0 Å². The average molecular weight is 412 g/mol. The van der Waals surface area contributed by atoms with Gasteiger partial charge in [-0.1, -0.05) is 36.4 Å². The molecular formula is C23H21FO4S. The highest BCUT2D eigenvalue weighted by atomic mass is 32.2. The predicted octanol–water partition coefficient (Wildman–Crippen LogP) is 5.57. The molecule has 29 heavy (non-hydrogen) atoms. The second-order valence-corrected chi connectivity index (χ2v) is 7.46. The van der Waals surface area contributed by atoms with E-state index in [9.17, 15) is 9.18 Å². The van der Waals surface area contributed by atoms with Gasteiger partial charge in [-0.3, -0.25) is 0 Å². The van der Waals surface area contributed by atoms with Crippen LogP contribution in [0.15, 0.2) is 65.6 Å².